The highest BCUT2D eigenvalue weighted by atomic mass is 16.5. The van der Waals surface area contributed by atoms with Gasteiger partial charge in [0.15, 0.2) is 0 Å². The fraction of sp³-hybridized carbons (Fsp3) is 0.867. The highest BCUT2D eigenvalue weighted by molar-refractivity contribution is 5.77. The van der Waals surface area contributed by atoms with Crippen LogP contribution in [0.15, 0.2) is 36.5 Å². The van der Waals surface area contributed by atoms with Crippen LogP contribution in [0.3, 0.4) is 0 Å². The molecule has 3 unspecified atom stereocenters. The highest BCUT2D eigenvalue weighted by Gasteiger charge is 2.24. The Bertz CT molecular complexity index is 1090. The number of aliphatic hydroxyl groups excluding tert-OH is 2. The number of hydrogen-bond donors (Lipinski definition) is 3. The Kier molecular flexibility index (Phi) is 52.5. The third-order valence-electron chi connectivity index (χ3n) is 13.5. The molecule has 0 aromatic heterocycles. The SMILES string of the molecule is CCCCC/C=C\C/C=C\C/C=C\CCCCCCCCC(=O)OC(CCCCCCCCCCCCC)CC(=O)NC(CO)C(O)CCCCCCCCCCCCCCCCCCC. The Morgan fingerprint density at radius 1 is 0.439 bits per heavy atom. The number of ether oxygens (including phenoxy) is 1. The lowest BCUT2D eigenvalue weighted by Crippen LogP contribution is -2.46. The van der Waals surface area contributed by atoms with Gasteiger partial charge in [-0.15, -0.1) is 0 Å². The first-order valence-corrected chi connectivity index (χ1v) is 29.2. The van der Waals surface area contributed by atoms with Crippen molar-refractivity contribution in [1.82, 2.24) is 5.32 Å². The lowest BCUT2D eigenvalue weighted by molar-refractivity contribution is -0.151. The number of allylic oxidation sites excluding steroid dienone is 6. The van der Waals surface area contributed by atoms with Crippen LogP contribution in [0.25, 0.3) is 0 Å². The summed E-state index contributed by atoms with van der Waals surface area (Å²) in [6.45, 7) is 6.48. The van der Waals surface area contributed by atoms with Crippen LogP contribution in [0, 0.1) is 0 Å². The van der Waals surface area contributed by atoms with Gasteiger partial charge in [-0.3, -0.25) is 9.59 Å². The van der Waals surface area contributed by atoms with E-state index in [1.165, 1.54) is 199 Å². The molecular weight excluding hydrogens is 815 g/mol. The molecule has 0 radical (unpaired) electrons. The van der Waals surface area contributed by atoms with E-state index in [1.807, 2.05) is 0 Å². The molecule has 1 amide bonds. The van der Waals surface area contributed by atoms with Crippen LogP contribution in [-0.4, -0.2) is 46.9 Å². The van der Waals surface area contributed by atoms with E-state index in [0.29, 0.717) is 19.3 Å². The molecule has 0 aliphatic carbocycles. The normalized spacial score (nSPS) is 13.3. The molecule has 0 saturated heterocycles. The van der Waals surface area contributed by atoms with Crippen molar-refractivity contribution in [3.63, 3.8) is 0 Å². The van der Waals surface area contributed by atoms with Gasteiger partial charge in [0.05, 0.1) is 25.2 Å². The van der Waals surface area contributed by atoms with E-state index in [4.69, 9.17) is 4.74 Å². The Labute approximate surface area is 411 Å². The Balaban J connectivity index is 4.45. The van der Waals surface area contributed by atoms with Gasteiger partial charge in [0, 0.05) is 6.42 Å². The topological polar surface area (TPSA) is 95.9 Å². The third kappa shape index (κ3) is 48.5. The number of carbonyl (C=O) groups is 2. The second-order valence-electron chi connectivity index (χ2n) is 20.1. The molecule has 0 aliphatic heterocycles. The zero-order chi connectivity index (χ0) is 48.1. The molecule has 3 N–H and O–H groups in total. The van der Waals surface area contributed by atoms with Crippen LogP contribution in [-0.2, 0) is 14.3 Å². The molecule has 0 heterocycles. The van der Waals surface area contributed by atoms with Gasteiger partial charge >= 0.3 is 5.97 Å². The van der Waals surface area contributed by atoms with Crippen molar-refractivity contribution in [3.05, 3.63) is 36.5 Å². The van der Waals surface area contributed by atoms with Crippen LogP contribution in [0.2, 0.25) is 0 Å². The number of amides is 1. The smallest absolute Gasteiger partial charge is 0.306 e. The molecule has 0 aromatic rings. The third-order valence-corrected chi connectivity index (χ3v) is 13.5. The van der Waals surface area contributed by atoms with Crippen molar-refractivity contribution >= 4 is 11.9 Å². The number of aliphatic hydroxyl groups is 2. The van der Waals surface area contributed by atoms with E-state index in [-0.39, 0.29) is 24.9 Å². The first kappa shape index (κ1) is 64.1. The van der Waals surface area contributed by atoms with Gasteiger partial charge in [0.2, 0.25) is 5.91 Å². The van der Waals surface area contributed by atoms with Crippen LogP contribution >= 0.6 is 0 Å². The van der Waals surface area contributed by atoms with Crippen LogP contribution in [0.5, 0.6) is 0 Å². The maximum Gasteiger partial charge on any atom is 0.306 e. The van der Waals surface area contributed by atoms with Gasteiger partial charge in [0.25, 0.3) is 0 Å². The van der Waals surface area contributed by atoms with Crippen molar-refractivity contribution in [2.24, 2.45) is 0 Å². The number of rotatable bonds is 53. The second kappa shape index (κ2) is 54.0. The highest BCUT2D eigenvalue weighted by Crippen LogP contribution is 2.19. The second-order valence-corrected chi connectivity index (χ2v) is 20.1. The molecule has 0 saturated carbocycles. The zero-order valence-electron chi connectivity index (χ0n) is 44.3. The average molecular weight is 929 g/mol. The van der Waals surface area contributed by atoms with Crippen molar-refractivity contribution in [3.8, 4) is 0 Å². The predicted octanol–water partition coefficient (Wildman–Crippen LogP) is 18.0. The van der Waals surface area contributed by atoms with Crippen molar-refractivity contribution in [2.45, 2.75) is 328 Å². The summed E-state index contributed by atoms with van der Waals surface area (Å²) >= 11 is 0. The first-order valence-electron chi connectivity index (χ1n) is 29.2. The fourth-order valence-corrected chi connectivity index (χ4v) is 9.03. The van der Waals surface area contributed by atoms with Crippen molar-refractivity contribution in [1.29, 1.82) is 0 Å². The molecule has 66 heavy (non-hydrogen) atoms. The number of nitrogens with one attached hydrogen (secondary N) is 1. The minimum absolute atomic E-state index is 0.0765. The van der Waals surface area contributed by atoms with E-state index in [2.05, 4.69) is 62.5 Å². The van der Waals surface area contributed by atoms with E-state index < -0.39 is 18.2 Å². The zero-order valence-corrected chi connectivity index (χ0v) is 44.3. The molecular formula is C60H113NO5. The number of carbonyl (C=O) groups excluding carboxylic acids is 2. The quantitative estimate of drug-likeness (QED) is 0.0321. The summed E-state index contributed by atoms with van der Waals surface area (Å²) < 4.78 is 5.95. The largest absolute Gasteiger partial charge is 0.462 e. The number of esters is 1. The lowest BCUT2D eigenvalue weighted by Gasteiger charge is -2.24. The molecule has 0 spiro atoms. The minimum Gasteiger partial charge on any atom is -0.462 e. The van der Waals surface area contributed by atoms with Crippen LogP contribution in [0.4, 0.5) is 0 Å². The molecule has 0 aliphatic rings. The average Bonchev–Trinajstić information content (AvgIpc) is 3.31. The first-order chi connectivity index (χ1) is 32.5. The van der Waals surface area contributed by atoms with Gasteiger partial charge in [-0.2, -0.15) is 0 Å². The Hall–Kier alpha value is -1.92. The maximum absolute atomic E-state index is 13.3. The summed E-state index contributed by atoms with van der Waals surface area (Å²) in [5.41, 5.74) is 0. The van der Waals surface area contributed by atoms with Gasteiger partial charge in [-0.1, -0.05) is 269 Å². The molecule has 0 aromatic carbocycles. The minimum atomic E-state index is -0.788. The van der Waals surface area contributed by atoms with E-state index in [9.17, 15) is 19.8 Å². The van der Waals surface area contributed by atoms with E-state index in [0.717, 1.165) is 64.2 Å². The summed E-state index contributed by atoms with van der Waals surface area (Å²) in [4.78, 5) is 26.2. The molecule has 6 nitrogen and oxygen atoms in total. The standard InChI is InChI=1S/C60H113NO5/c1-4-7-10-13-16-19-22-24-26-28-29-31-33-35-38-41-44-47-50-53-60(65)66-56(51-48-45-42-39-36-21-18-15-12-9-6-3)54-59(64)61-57(55-62)58(63)52-49-46-43-40-37-34-32-30-27-25-23-20-17-14-11-8-5-2/h16,19,24,26,29,31,56-58,62-63H,4-15,17-18,20-23,25,27-28,30,32-55H2,1-3H3,(H,61,64)/b19-16-,26-24-,31-29-. The maximum atomic E-state index is 13.3. The molecule has 3 atom stereocenters. The monoisotopic (exact) mass is 928 g/mol. The van der Waals surface area contributed by atoms with Gasteiger partial charge in [-0.25, -0.2) is 0 Å². The lowest BCUT2D eigenvalue weighted by atomic mass is 10.0. The molecule has 388 valence electrons. The van der Waals surface area contributed by atoms with Crippen LogP contribution < -0.4 is 5.32 Å². The van der Waals surface area contributed by atoms with Crippen molar-refractivity contribution < 1.29 is 24.5 Å². The van der Waals surface area contributed by atoms with Gasteiger partial charge < -0.3 is 20.3 Å². The molecule has 0 fully saturated rings. The van der Waals surface area contributed by atoms with Gasteiger partial charge in [-0.05, 0) is 64.2 Å². The summed E-state index contributed by atoms with van der Waals surface area (Å²) in [5.74, 6) is -0.473. The number of unbranched alkanes of at least 4 members (excludes halogenated alkanes) is 35. The molecule has 0 bridgehead atoms. The summed E-state index contributed by atoms with van der Waals surface area (Å²) in [6.07, 6.45) is 64.9. The predicted molar refractivity (Wildman–Crippen MR) is 287 cm³/mol. The summed E-state index contributed by atoms with van der Waals surface area (Å²) in [5, 5.41) is 23.9. The summed E-state index contributed by atoms with van der Waals surface area (Å²) in [7, 11) is 0. The van der Waals surface area contributed by atoms with Crippen molar-refractivity contribution in [2.75, 3.05) is 6.61 Å². The molecule has 0 rings (SSSR count). The van der Waals surface area contributed by atoms with E-state index >= 15 is 0 Å². The Morgan fingerprint density at radius 3 is 1.20 bits per heavy atom. The summed E-state index contributed by atoms with van der Waals surface area (Å²) in [6, 6.07) is -0.701. The fourth-order valence-electron chi connectivity index (χ4n) is 9.03. The Morgan fingerprint density at radius 2 is 0.773 bits per heavy atom. The van der Waals surface area contributed by atoms with Crippen LogP contribution in [0.1, 0.15) is 310 Å². The van der Waals surface area contributed by atoms with E-state index in [1.54, 1.807) is 0 Å². The number of hydrogen-bond acceptors (Lipinski definition) is 5. The molecule has 6 heteroatoms. The van der Waals surface area contributed by atoms with Gasteiger partial charge in [0.1, 0.15) is 6.10 Å².